The van der Waals surface area contributed by atoms with Crippen molar-refractivity contribution in [3.05, 3.63) is 17.5 Å². The molecule has 0 saturated carbocycles. The van der Waals surface area contributed by atoms with Crippen LogP contribution in [0.1, 0.15) is 0 Å². The fourth-order valence-electron chi connectivity index (χ4n) is 0.279. The molecule has 6 heavy (non-hydrogen) atoms. The molecule has 0 aromatic carbocycles. The maximum absolute atomic E-state index is 2.10. The van der Waals surface area contributed by atoms with Gasteiger partial charge in [-0.3, -0.25) is 0 Å². The summed E-state index contributed by atoms with van der Waals surface area (Å²) in [6, 6.07) is 4.16. The van der Waals surface area contributed by atoms with Crippen molar-refractivity contribution in [2.75, 3.05) is 0 Å². The van der Waals surface area contributed by atoms with Crippen LogP contribution < -0.4 is 3.71 Å². The monoisotopic (exact) mass is 157 g/mol. The van der Waals surface area contributed by atoms with Crippen molar-refractivity contribution >= 4 is 31.6 Å². The normalized spacial score (nSPS) is 8.83. The van der Waals surface area contributed by atoms with Gasteiger partial charge in [0.1, 0.15) is 0 Å². The zero-order chi connectivity index (χ0) is 4.41. The molecule has 1 aromatic rings. The number of hydrogen-bond donors (Lipinski definition) is 0. The van der Waals surface area contributed by atoms with Crippen molar-refractivity contribution < 1.29 is 0 Å². The summed E-state index contributed by atoms with van der Waals surface area (Å²) >= 11 is 3.88. The van der Waals surface area contributed by atoms with Crippen LogP contribution >= 0.6 is 11.3 Å². The van der Waals surface area contributed by atoms with Gasteiger partial charge >= 0.3 is 49.1 Å². The quantitative estimate of drug-likeness (QED) is 0.480. The summed E-state index contributed by atoms with van der Waals surface area (Å²) in [6.45, 7) is 0. The minimum absolute atomic E-state index is 1.38. The predicted molar refractivity (Wildman–Crippen MR) is 29.7 cm³/mol. The van der Waals surface area contributed by atoms with Gasteiger partial charge in [-0.1, -0.05) is 0 Å². The molecule has 0 aliphatic carbocycles. The fraction of sp³-hybridized carbons (Fsp3) is 0. The Hall–Kier alpha value is 0.243. The fourth-order valence-corrected chi connectivity index (χ4v) is 1.37. The molecule has 0 amide bonds. The molecule has 2 heteroatoms. The van der Waals surface area contributed by atoms with Crippen LogP contribution in [0.25, 0.3) is 0 Å². The van der Waals surface area contributed by atoms with E-state index in [2.05, 4.69) is 34.0 Å². The van der Waals surface area contributed by atoms with Crippen LogP contribution in [0.5, 0.6) is 0 Å². The average Bonchev–Trinajstić information content (AvgIpc) is 1.86. The average molecular weight is 156 g/mol. The molecule has 0 atom stereocenters. The Morgan fingerprint density at radius 2 is 2.50 bits per heavy atom. The molecule has 29 valence electrons. The van der Waals surface area contributed by atoms with Gasteiger partial charge in [-0.25, -0.2) is 0 Å². The summed E-state index contributed by atoms with van der Waals surface area (Å²) in [7, 11) is 0. The van der Waals surface area contributed by atoms with E-state index in [9.17, 15) is 0 Å². The van der Waals surface area contributed by atoms with Crippen LogP contribution in [0.3, 0.4) is 0 Å². The van der Waals surface area contributed by atoms with E-state index < -0.39 is 0 Å². The molecule has 0 unspecified atom stereocenters. The van der Waals surface area contributed by atoms with E-state index in [1.165, 1.54) is 3.71 Å². The zero-order valence-corrected chi connectivity index (χ0v) is 6.05. The van der Waals surface area contributed by atoms with Crippen LogP contribution in [0.4, 0.5) is 0 Å². The first kappa shape index (κ1) is 4.40. The third-order valence-electron chi connectivity index (χ3n) is 0.521. The molecule has 0 nitrogen and oxygen atoms in total. The summed E-state index contributed by atoms with van der Waals surface area (Å²) in [5.41, 5.74) is 0. The second kappa shape index (κ2) is 1.80. The third-order valence-corrected chi connectivity index (χ3v) is 2.30. The molecule has 1 aromatic heterocycles. The standard InChI is InChI=1S/C4H3GeS/c5-4-2-1-3-6-4/h1-3H. The van der Waals surface area contributed by atoms with E-state index in [0.29, 0.717) is 0 Å². The van der Waals surface area contributed by atoms with Crippen molar-refractivity contribution in [2.24, 2.45) is 0 Å². The van der Waals surface area contributed by atoms with Gasteiger partial charge in [0.15, 0.2) is 0 Å². The Balaban J connectivity index is 3.05. The van der Waals surface area contributed by atoms with Crippen LogP contribution in [0.2, 0.25) is 0 Å². The van der Waals surface area contributed by atoms with Crippen molar-refractivity contribution in [1.82, 2.24) is 0 Å². The van der Waals surface area contributed by atoms with Crippen molar-refractivity contribution in [3.8, 4) is 0 Å². The molecule has 0 spiro atoms. The van der Waals surface area contributed by atoms with Gasteiger partial charge in [-0.05, 0) is 0 Å². The van der Waals surface area contributed by atoms with Gasteiger partial charge < -0.3 is 0 Å². The number of thiophene rings is 1. The van der Waals surface area contributed by atoms with E-state index in [-0.39, 0.29) is 0 Å². The summed E-state index contributed by atoms with van der Waals surface area (Å²) in [5, 5.41) is 2.08. The molecule has 0 saturated heterocycles. The molecule has 0 aliphatic heterocycles. The first-order valence-electron chi connectivity index (χ1n) is 1.65. The SMILES string of the molecule is [Ge][c]1cccs1. The molecule has 1 heterocycles. The molecular weight excluding hydrogens is 153 g/mol. The predicted octanol–water partition coefficient (Wildman–Crippen LogP) is 0.542. The zero-order valence-electron chi connectivity index (χ0n) is 3.14. The van der Waals surface area contributed by atoms with Gasteiger partial charge in [-0.2, -0.15) is 0 Å². The summed E-state index contributed by atoms with van der Waals surface area (Å²) < 4.78 is 1.38. The van der Waals surface area contributed by atoms with Gasteiger partial charge in [0.2, 0.25) is 0 Å². The Kier molecular flexibility index (Phi) is 1.32. The Morgan fingerprint density at radius 1 is 1.67 bits per heavy atom. The molecule has 0 aliphatic rings. The van der Waals surface area contributed by atoms with Crippen LogP contribution in [-0.2, 0) is 0 Å². The maximum atomic E-state index is 2.10. The Bertz CT molecular complexity index is 111. The molecule has 1 rings (SSSR count). The van der Waals surface area contributed by atoms with Crippen molar-refractivity contribution in [3.63, 3.8) is 0 Å². The third kappa shape index (κ3) is 0.851. The summed E-state index contributed by atoms with van der Waals surface area (Å²) in [6.07, 6.45) is 0. The van der Waals surface area contributed by atoms with Crippen molar-refractivity contribution in [1.29, 1.82) is 0 Å². The number of hydrogen-bond acceptors (Lipinski definition) is 1. The van der Waals surface area contributed by atoms with Gasteiger partial charge in [-0.15, -0.1) is 0 Å². The van der Waals surface area contributed by atoms with Gasteiger partial charge in [0.05, 0.1) is 0 Å². The van der Waals surface area contributed by atoms with Gasteiger partial charge in [0, 0.05) is 0 Å². The van der Waals surface area contributed by atoms with E-state index in [4.69, 9.17) is 0 Å². The van der Waals surface area contributed by atoms with Crippen LogP contribution in [0.15, 0.2) is 17.5 Å². The van der Waals surface area contributed by atoms with E-state index >= 15 is 0 Å². The van der Waals surface area contributed by atoms with E-state index in [0.717, 1.165) is 0 Å². The topological polar surface area (TPSA) is 0 Å². The molecule has 0 fully saturated rings. The Morgan fingerprint density at radius 3 is 2.67 bits per heavy atom. The second-order valence-electron chi connectivity index (χ2n) is 0.977. The van der Waals surface area contributed by atoms with E-state index in [1.54, 1.807) is 11.3 Å². The van der Waals surface area contributed by atoms with Gasteiger partial charge in [0.25, 0.3) is 0 Å². The molecule has 0 bridgehead atoms. The summed E-state index contributed by atoms with van der Waals surface area (Å²) in [5.74, 6) is 0. The summed E-state index contributed by atoms with van der Waals surface area (Å²) in [4.78, 5) is 0. The first-order chi connectivity index (χ1) is 2.89. The molecular formula is C4H3GeS. The molecule has 0 N–H and O–H groups in total. The first-order valence-corrected chi connectivity index (χ1v) is 3.57. The van der Waals surface area contributed by atoms with Crippen LogP contribution in [0, 0.1) is 0 Å². The minimum atomic E-state index is 1.38. The molecule has 3 radical (unpaired) electrons. The Labute approximate surface area is 49.4 Å². The van der Waals surface area contributed by atoms with Crippen molar-refractivity contribution in [2.45, 2.75) is 0 Å². The second-order valence-corrected chi connectivity index (χ2v) is 3.82. The number of rotatable bonds is 0. The van der Waals surface area contributed by atoms with Crippen LogP contribution in [-0.4, -0.2) is 16.5 Å². The van der Waals surface area contributed by atoms with E-state index in [1.807, 2.05) is 0 Å².